The highest BCUT2D eigenvalue weighted by Crippen LogP contribution is 2.32. The average Bonchev–Trinajstić information content (AvgIpc) is 2.58. The third-order valence-electron chi connectivity index (χ3n) is 3.67. The molecular formula is C18H20ClN5. The Hall–Kier alpha value is -2.92. The van der Waals surface area contributed by atoms with E-state index < -0.39 is 0 Å². The smallest absolute Gasteiger partial charge is 0.151 e. The number of benzene rings is 2. The van der Waals surface area contributed by atoms with Crippen LogP contribution in [-0.2, 0) is 0 Å². The minimum atomic E-state index is -0.0686. The van der Waals surface area contributed by atoms with Gasteiger partial charge in [0.1, 0.15) is 5.82 Å². The van der Waals surface area contributed by atoms with Crippen molar-refractivity contribution in [2.24, 2.45) is 0 Å². The van der Waals surface area contributed by atoms with Gasteiger partial charge in [-0.3, -0.25) is 0 Å². The van der Waals surface area contributed by atoms with Crippen molar-refractivity contribution in [3.63, 3.8) is 0 Å². The van der Waals surface area contributed by atoms with Crippen LogP contribution >= 0.6 is 12.4 Å². The second-order valence-corrected chi connectivity index (χ2v) is 5.29. The summed E-state index contributed by atoms with van der Waals surface area (Å²) in [5.41, 5.74) is 21.0. The lowest BCUT2D eigenvalue weighted by molar-refractivity contribution is 0.939. The second kappa shape index (κ2) is 7.57. The Kier molecular flexibility index (Phi) is 5.50. The van der Waals surface area contributed by atoms with Gasteiger partial charge in [0.2, 0.25) is 0 Å². The number of pyridine rings is 1. The van der Waals surface area contributed by atoms with Crippen LogP contribution < -0.4 is 22.5 Å². The van der Waals surface area contributed by atoms with Crippen LogP contribution in [0.2, 0.25) is 0 Å². The maximum atomic E-state index is 6.05. The van der Waals surface area contributed by atoms with Gasteiger partial charge in [0, 0.05) is 6.07 Å². The van der Waals surface area contributed by atoms with Gasteiger partial charge in [-0.25, -0.2) is 4.98 Å². The summed E-state index contributed by atoms with van der Waals surface area (Å²) in [6.45, 7) is 0. The highest BCUT2D eigenvalue weighted by Gasteiger charge is 2.16. The maximum absolute atomic E-state index is 6.05. The zero-order valence-electron chi connectivity index (χ0n) is 13.0. The largest absolute Gasteiger partial charge is 0.394 e. The Morgan fingerprint density at radius 3 is 1.79 bits per heavy atom. The second-order valence-electron chi connectivity index (χ2n) is 5.29. The van der Waals surface area contributed by atoms with Crippen LogP contribution in [0.15, 0.2) is 66.7 Å². The first-order chi connectivity index (χ1) is 11.1. The van der Waals surface area contributed by atoms with Crippen molar-refractivity contribution >= 4 is 35.4 Å². The van der Waals surface area contributed by atoms with Gasteiger partial charge in [-0.05, 0) is 11.1 Å². The third-order valence-corrected chi connectivity index (χ3v) is 3.67. The third kappa shape index (κ3) is 3.70. The molecule has 6 heteroatoms. The van der Waals surface area contributed by atoms with Crippen molar-refractivity contribution < 1.29 is 0 Å². The number of nitrogens with zero attached hydrogens (tertiary/aromatic N) is 1. The lowest BCUT2D eigenvalue weighted by Crippen LogP contribution is -2.15. The van der Waals surface area contributed by atoms with Crippen molar-refractivity contribution in [2.75, 3.05) is 22.5 Å². The molecule has 124 valence electrons. The fourth-order valence-electron chi connectivity index (χ4n) is 2.52. The molecule has 0 saturated carbocycles. The van der Waals surface area contributed by atoms with Crippen LogP contribution in [0, 0.1) is 0 Å². The van der Waals surface area contributed by atoms with E-state index in [0.717, 1.165) is 11.1 Å². The van der Waals surface area contributed by atoms with Gasteiger partial charge in [-0.1, -0.05) is 60.7 Å². The SMILES string of the molecule is Cl.Nc1cc(NC(c2ccccc2)c2ccccc2)c(N)c(N)n1. The van der Waals surface area contributed by atoms with Gasteiger partial charge in [0.25, 0.3) is 0 Å². The normalized spacial score (nSPS) is 10.2. The molecule has 0 radical (unpaired) electrons. The summed E-state index contributed by atoms with van der Waals surface area (Å²) in [4.78, 5) is 3.98. The monoisotopic (exact) mass is 341 g/mol. The molecule has 0 unspecified atom stereocenters. The molecule has 7 N–H and O–H groups in total. The molecule has 0 spiro atoms. The van der Waals surface area contributed by atoms with Crippen molar-refractivity contribution in [3.05, 3.63) is 77.9 Å². The highest BCUT2D eigenvalue weighted by atomic mass is 35.5. The van der Waals surface area contributed by atoms with E-state index in [-0.39, 0.29) is 24.3 Å². The van der Waals surface area contributed by atoms with Crippen molar-refractivity contribution in [1.29, 1.82) is 0 Å². The molecule has 0 aliphatic rings. The predicted molar refractivity (Wildman–Crippen MR) is 103 cm³/mol. The van der Waals surface area contributed by atoms with Crippen LogP contribution in [0.25, 0.3) is 0 Å². The lowest BCUT2D eigenvalue weighted by Gasteiger charge is -2.22. The Balaban J connectivity index is 0.00000208. The molecular weight excluding hydrogens is 322 g/mol. The highest BCUT2D eigenvalue weighted by molar-refractivity contribution is 5.85. The first-order valence-electron chi connectivity index (χ1n) is 7.33. The van der Waals surface area contributed by atoms with Gasteiger partial charge >= 0.3 is 0 Å². The van der Waals surface area contributed by atoms with E-state index in [9.17, 15) is 0 Å². The van der Waals surface area contributed by atoms with Crippen molar-refractivity contribution in [2.45, 2.75) is 6.04 Å². The number of hydrogen-bond acceptors (Lipinski definition) is 5. The molecule has 0 fully saturated rings. The first kappa shape index (κ1) is 17.4. The predicted octanol–water partition coefficient (Wildman–Crippen LogP) is 3.45. The van der Waals surface area contributed by atoms with Crippen molar-refractivity contribution in [1.82, 2.24) is 4.98 Å². The number of nitrogens with one attached hydrogen (secondary N) is 1. The summed E-state index contributed by atoms with van der Waals surface area (Å²) in [6, 6.07) is 21.9. The number of nitrogen functional groups attached to an aromatic ring is 3. The summed E-state index contributed by atoms with van der Waals surface area (Å²) in [7, 11) is 0. The molecule has 1 heterocycles. The van der Waals surface area contributed by atoms with E-state index in [0.29, 0.717) is 17.2 Å². The Labute approximate surface area is 147 Å². The molecule has 0 aliphatic heterocycles. The molecule has 5 nitrogen and oxygen atoms in total. The van der Waals surface area contributed by atoms with E-state index in [1.54, 1.807) is 6.07 Å². The quantitative estimate of drug-likeness (QED) is 0.582. The molecule has 2 aromatic carbocycles. The number of anilines is 4. The molecule has 0 aliphatic carbocycles. The number of nitrogens with two attached hydrogens (primary N) is 3. The molecule has 0 bridgehead atoms. The number of hydrogen-bond donors (Lipinski definition) is 4. The Morgan fingerprint density at radius 2 is 1.29 bits per heavy atom. The van der Waals surface area contributed by atoms with Crippen molar-refractivity contribution in [3.8, 4) is 0 Å². The minimum Gasteiger partial charge on any atom is -0.394 e. The minimum absolute atomic E-state index is 0. The zero-order valence-corrected chi connectivity index (χ0v) is 13.8. The van der Waals surface area contributed by atoms with Crippen LogP contribution in [0.1, 0.15) is 17.2 Å². The molecule has 0 amide bonds. The van der Waals surface area contributed by atoms with Crippen LogP contribution in [0.4, 0.5) is 23.0 Å². The lowest BCUT2D eigenvalue weighted by atomic mass is 9.98. The summed E-state index contributed by atoms with van der Waals surface area (Å²) < 4.78 is 0. The molecule has 0 saturated heterocycles. The number of halogens is 1. The summed E-state index contributed by atoms with van der Waals surface area (Å²) in [5, 5.41) is 3.44. The van der Waals surface area contributed by atoms with E-state index in [1.165, 1.54) is 0 Å². The Bertz CT molecular complexity index is 754. The van der Waals surface area contributed by atoms with Crippen LogP contribution in [0.3, 0.4) is 0 Å². The molecule has 1 aromatic heterocycles. The molecule has 0 atom stereocenters. The fourth-order valence-corrected chi connectivity index (χ4v) is 2.52. The Morgan fingerprint density at radius 1 is 0.792 bits per heavy atom. The average molecular weight is 342 g/mol. The molecule has 24 heavy (non-hydrogen) atoms. The summed E-state index contributed by atoms with van der Waals surface area (Å²) in [5.74, 6) is 0.562. The van der Waals surface area contributed by atoms with Gasteiger partial charge < -0.3 is 22.5 Å². The van der Waals surface area contributed by atoms with E-state index >= 15 is 0 Å². The standard InChI is InChI=1S/C18H19N5.ClH/c19-15-11-14(16(20)18(21)23-15)22-17(12-7-3-1-4-8-12)13-9-5-2-6-10-13;/h1-11,17H,20H2,(H5,19,21,22,23);1H. The van der Waals surface area contributed by atoms with E-state index in [2.05, 4.69) is 34.6 Å². The summed E-state index contributed by atoms with van der Waals surface area (Å²) >= 11 is 0. The van der Waals surface area contributed by atoms with Crippen LogP contribution in [-0.4, -0.2) is 4.98 Å². The van der Waals surface area contributed by atoms with E-state index in [4.69, 9.17) is 17.2 Å². The topological polar surface area (TPSA) is 103 Å². The zero-order chi connectivity index (χ0) is 16.2. The van der Waals surface area contributed by atoms with Crippen LogP contribution in [0.5, 0.6) is 0 Å². The molecule has 3 aromatic rings. The first-order valence-corrected chi connectivity index (χ1v) is 7.33. The van der Waals surface area contributed by atoms with Gasteiger partial charge in [0.05, 0.1) is 17.4 Å². The summed E-state index contributed by atoms with van der Waals surface area (Å²) in [6.07, 6.45) is 0. The molecule has 3 rings (SSSR count). The fraction of sp³-hybridized carbons (Fsp3) is 0.0556. The van der Waals surface area contributed by atoms with Gasteiger partial charge in [-0.15, -0.1) is 12.4 Å². The van der Waals surface area contributed by atoms with Gasteiger partial charge in [0.15, 0.2) is 5.82 Å². The van der Waals surface area contributed by atoms with E-state index in [1.807, 2.05) is 36.4 Å². The van der Waals surface area contributed by atoms with Gasteiger partial charge in [-0.2, -0.15) is 0 Å². The number of aromatic nitrogens is 1. The maximum Gasteiger partial charge on any atom is 0.151 e. The number of rotatable bonds is 4.